The molecule has 3 N–H and O–H groups in total. The SMILES string of the molecule is CC(=O)N(O)C[C@@H](CC1CCCC1)C(=O)NNc1nc(C)nc(N2CCN3CCOC[C@@H]3C2)c1F. The summed E-state index contributed by atoms with van der Waals surface area (Å²) in [5.74, 6) is -1.42. The Bertz CT molecular complexity index is 914. The molecular formula is C23H36FN7O4. The van der Waals surface area contributed by atoms with Gasteiger partial charge in [0, 0.05) is 33.1 Å². The van der Waals surface area contributed by atoms with E-state index in [9.17, 15) is 14.8 Å². The lowest BCUT2D eigenvalue weighted by Crippen LogP contribution is -2.58. The molecule has 3 fully saturated rings. The van der Waals surface area contributed by atoms with Crippen LogP contribution in [-0.2, 0) is 14.3 Å². The van der Waals surface area contributed by atoms with Gasteiger partial charge >= 0.3 is 0 Å². The smallest absolute Gasteiger partial charge is 0.243 e. The average molecular weight is 494 g/mol. The van der Waals surface area contributed by atoms with Gasteiger partial charge in [-0.2, -0.15) is 4.39 Å². The number of anilines is 2. The molecule has 2 amide bonds. The third-order valence-electron chi connectivity index (χ3n) is 7.21. The second-order valence-corrected chi connectivity index (χ2v) is 9.77. The molecule has 194 valence electrons. The van der Waals surface area contributed by atoms with Gasteiger partial charge < -0.3 is 9.64 Å². The molecule has 1 aliphatic carbocycles. The molecule has 1 aromatic heterocycles. The van der Waals surface area contributed by atoms with Crippen molar-refractivity contribution in [1.29, 1.82) is 0 Å². The fourth-order valence-electron chi connectivity index (χ4n) is 5.25. The molecule has 4 rings (SSSR count). The molecule has 0 aromatic carbocycles. The van der Waals surface area contributed by atoms with Gasteiger partial charge in [-0.25, -0.2) is 15.0 Å². The van der Waals surface area contributed by atoms with Gasteiger partial charge in [0.05, 0.1) is 31.7 Å². The molecule has 0 unspecified atom stereocenters. The van der Waals surface area contributed by atoms with Crippen molar-refractivity contribution in [3.8, 4) is 0 Å². The van der Waals surface area contributed by atoms with Crippen LogP contribution in [0.15, 0.2) is 0 Å². The fourth-order valence-corrected chi connectivity index (χ4v) is 5.25. The molecule has 35 heavy (non-hydrogen) atoms. The molecule has 1 aromatic rings. The van der Waals surface area contributed by atoms with Crippen LogP contribution in [0.5, 0.6) is 0 Å². The lowest BCUT2D eigenvalue weighted by Gasteiger charge is -2.44. The first-order valence-electron chi connectivity index (χ1n) is 12.5. The maximum atomic E-state index is 15.4. The average Bonchev–Trinajstić information content (AvgIpc) is 3.36. The summed E-state index contributed by atoms with van der Waals surface area (Å²) >= 11 is 0. The van der Waals surface area contributed by atoms with E-state index >= 15 is 4.39 Å². The number of carbonyl (C=O) groups is 2. The van der Waals surface area contributed by atoms with Crippen molar-refractivity contribution in [2.75, 3.05) is 56.3 Å². The summed E-state index contributed by atoms with van der Waals surface area (Å²) in [5.41, 5.74) is 5.17. The number of halogens is 1. The van der Waals surface area contributed by atoms with Gasteiger partial charge in [-0.15, -0.1) is 0 Å². The predicted octanol–water partition coefficient (Wildman–Crippen LogP) is 1.32. The highest BCUT2D eigenvalue weighted by atomic mass is 19.1. The number of amides is 2. The standard InChI is InChI=1S/C23H36FN7O4/c1-15-25-21(20(24)22(26-15)30-8-7-29-9-10-35-14-19(29)13-30)27-28-23(33)18(12-31(34)16(2)32)11-17-5-3-4-6-17/h17-19,34H,3-14H2,1-2H3,(H,28,33)(H,25,26,27)/t18-,19+/m1/s1. The Kier molecular flexibility index (Phi) is 8.34. The second-order valence-electron chi connectivity index (χ2n) is 9.77. The van der Waals surface area contributed by atoms with Crippen LogP contribution in [0.4, 0.5) is 16.0 Å². The van der Waals surface area contributed by atoms with Gasteiger partial charge in [0.25, 0.3) is 0 Å². The normalized spacial score (nSPS) is 21.9. The number of aromatic nitrogens is 2. The maximum absolute atomic E-state index is 15.4. The molecule has 2 saturated heterocycles. The summed E-state index contributed by atoms with van der Waals surface area (Å²) < 4.78 is 21.0. The van der Waals surface area contributed by atoms with Crippen LogP contribution in [0.25, 0.3) is 0 Å². The molecule has 12 heteroatoms. The van der Waals surface area contributed by atoms with Crippen molar-refractivity contribution in [3.05, 3.63) is 11.6 Å². The van der Waals surface area contributed by atoms with Crippen LogP contribution in [0.1, 0.15) is 44.9 Å². The first-order valence-corrected chi connectivity index (χ1v) is 12.5. The van der Waals surface area contributed by atoms with Gasteiger partial charge in [0.1, 0.15) is 5.82 Å². The minimum Gasteiger partial charge on any atom is -0.378 e. The lowest BCUT2D eigenvalue weighted by atomic mass is 9.92. The van der Waals surface area contributed by atoms with E-state index in [-0.39, 0.29) is 24.2 Å². The predicted molar refractivity (Wildman–Crippen MR) is 126 cm³/mol. The summed E-state index contributed by atoms with van der Waals surface area (Å²) in [7, 11) is 0. The van der Waals surface area contributed by atoms with Gasteiger partial charge in [0.2, 0.25) is 17.6 Å². The number of ether oxygens (including phenoxy) is 1. The number of piperazine rings is 1. The van der Waals surface area contributed by atoms with E-state index in [4.69, 9.17) is 4.74 Å². The summed E-state index contributed by atoms with van der Waals surface area (Å²) in [6.45, 7) is 7.02. The van der Waals surface area contributed by atoms with E-state index in [1.165, 1.54) is 6.92 Å². The zero-order valence-electron chi connectivity index (χ0n) is 20.5. The van der Waals surface area contributed by atoms with E-state index in [0.29, 0.717) is 49.5 Å². The van der Waals surface area contributed by atoms with Crippen LogP contribution in [0.2, 0.25) is 0 Å². The maximum Gasteiger partial charge on any atom is 0.243 e. The van der Waals surface area contributed by atoms with Gasteiger partial charge in [-0.1, -0.05) is 25.7 Å². The topological polar surface area (TPSA) is 123 Å². The molecule has 0 spiro atoms. The molecule has 0 radical (unpaired) electrons. The van der Waals surface area contributed by atoms with Crippen molar-refractivity contribution in [1.82, 2.24) is 25.4 Å². The van der Waals surface area contributed by atoms with Crippen LogP contribution < -0.4 is 15.8 Å². The number of fused-ring (bicyclic) bond motifs is 1. The van der Waals surface area contributed by atoms with E-state index in [1.54, 1.807) is 6.92 Å². The van der Waals surface area contributed by atoms with E-state index in [1.807, 2.05) is 4.90 Å². The summed E-state index contributed by atoms with van der Waals surface area (Å²) in [6.07, 6.45) is 4.81. The third-order valence-corrected chi connectivity index (χ3v) is 7.21. The van der Waals surface area contributed by atoms with Crippen molar-refractivity contribution in [3.63, 3.8) is 0 Å². The molecule has 0 bridgehead atoms. The number of carbonyl (C=O) groups excluding carboxylic acids is 2. The van der Waals surface area contributed by atoms with Crippen LogP contribution in [-0.4, -0.2) is 88.9 Å². The Balaban J connectivity index is 1.43. The first kappa shape index (κ1) is 25.5. The zero-order valence-corrected chi connectivity index (χ0v) is 20.5. The Morgan fingerprint density at radius 2 is 2.03 bits per heavy atom. The number of hydrogen-bond donors (Lipinski definition) is 3. The number of nitrogens with zero attached hydrogens (tertiary/aromatic N) is 5. The quantitative estimate of drug-likeness (QED) is 0.363. The number of rotatable bonds is 8. The third kappa shape index (κ3) is 6.36. The van der Waals surface area contributed by atoms with Gasteiger partial charge in [-0.05, 0) is 19.3 Å². The molecule has 3 aliphatic rings. The van der Waals surface area contributed by atoms with Gasteiger partial charge in [-0.3, -0.25) is 30.5 Å². The van der Waals surface area contributed by atoms with Crippen molar-refractivity contribution in [2.45, 2.75) is 52.0 Å². The Labute approximate surface area is 204 Å². The minimum atomic E-state index is -0.638. The minimum absolute atomic E-state index is 0.116. The summed E-state index contributed by atoms with van der Waals surface area (Å²) in [4.78, 5) is 37.2. The van der Waals surface area contributed by atoms with Crippen LogP contribution >= 0.6 is 0 Å². The number of nitrogens with one attached hydrogen (secondary N) is 2. The number of hydrogen-bond acceptors (Lipinski definition) is 9. The number of morpholine rings is 1. The largest absolute Gasteiger partial charge is 0.378 e. The van der Waals surface area contributed by atoms with Crippen LogP contribution in [0.3, 0.4) is 0 Å². The first-order chi connectivity index (χ1) is 16.8. The number of hydroxylamine groups is 2. The summed E-state index contributed by atoms with van der Waals surface area (Å²) in [6, 6.07) is 0.183. The highest BCUT2D eigenvalue weighted by Gasteiger charge is 2.32. The van der Waals surface area contributed by atoms with E-state index in [0.717, 1.165) is 38.8 Å². The molecule has 3 heterocycles. The Morgan fingerprint density at radius 1 is 1.26 bits per heavy atom. The molecule has 2 aliphatic heterocycles. The molecule has 1 saturated carbocycles. The fraction of sp³-hybridized carbons (Fsp3) is 0.739. The number of hydrazine groups is 1. The lowest BCUT2D eigenvalue weighted by molar-refractivity contribution is -0.166. The highest BCUT2D eigenvalue weighted by molar-refractivity contribution is 5.81. The van der Waals surface area contributed by atoms with E-state index < -0.39 is 23.5 Å². The monoisotopic (exact) mass is 493 g/mol. The Morgan fingerprint density at radius 3 is 2.77 bits per heavy atom. The Hall–Kier alpha value is -2.57. The zero-order chi connectivity index (χ0) is 24.9. The van der Waals surface area contributed by atoms with Crippen molar-refractivity contribution < 1.29 is 23.9 Å². The number of aryl methyl sites for hydroxylation is 1. The molecule has 11 nitrogen and oxygen atoms in total. The van der Waals surface area contributed by atoms with Crippen molar-refractivity contribution >= 4 is 23.5 Å². The second kappa shape index (κ2) is 11.4. The summed E-state index contributed by atoms with van der Waals surface area (Å²) in [5, 5.41) is 10.5. The molecular weight excluding hydrogens is 457 g/mol. The van der Waals surface area contributed by atoms with Crippen LogP contribution in [0, 0.1) is 24.6 Å². The van der Waals surface area contributed by atoms with E-state index in [2.05, 4.69) is 25.7 Å². The van der Waals surface area contributed by atoms with Gasteiger partial charge in [0.15, 0.2) is 11.6 Å². The molecule has 2 atom stereocenters. The van der Waals surface area contributed by atoms with Crippen molar-refractivity contribution in [2.24, 2.45) is 11.8 Å². The highest BCUT2D eigenvalue weighted by Crippen LogP contribution is 2.31.